The van der Waals surface area contributed by atoms with Crippen LogP contribution >= 0.6 is 35.1 Å². The smallest absolute Gasteiger partial charge is 0.352 e. The molecule has 19 nitrogen and oxygen atoms in total. The molecule has 4 rings (SSSR count). The molecular weight excluding hydrogens is 645 g/mol. The number of nitrogen functional groups attached to an aromatic ring is 1. The van der Waals surface area contributed by atoms with Crippen LogP contribution < -0.4 is 11.1 Å². The fourth-order valence-corrected chi connectivity index (χ4v) is 6.66. The number of thioether (sulfide) groups is 2. The fraction of sp³-hybridized carbons (Fsp3) is 0.500. The first-order chi connectivity index (χ1) is 20.7. The standard InChI is InChI=1S/C22H26N10O9S3/c1-22(2,3)41-11(35)6-40-27-12(15-25-20(23)44-28-15)16(36)24-13-17(37)32-14(19(38)39)9(7-42-18(13)32)8-43-21-26-29-30-31(21)5-4-10(33)34/h13,18H,4-8H2,1-3H3,(H,24,36)(H,33,34)(H,38,39)(H2,23,25,28)/t13?,18-/m1/s1. The Kier molecular flexibility index (Phi) is 10.0. The second-order valence-corrected chi connectivity index (χ2v) is 12.8. The first-order valence-corrected chi connectivity index (χ1v) is 15.4. The number of ether oxygens (including phenoxy) is 1. The molecule has 22 heteroatoms. The first-order valence-electron chi connectivity index (χ1n) is 12.6. The lowest BCUT2D eigenvalue weighted by Gasteiger charge is -2.49. The minimum absolute atomic E-state index is 0.0265. The van der Waals surface area contributed by atoms with Crippen LogP contribution in [0.25, 0.3) is 0 Å². The molecule has 1 fully saturated rings. The van der Waals surface area contributed by atoms with Crippen LogP contribution in [-0.2, 0) is 40.1 Å². The van der Waals surface area contributed by atoms with Gasteiger partial charge in [0, 0.05) is 23.0 Å². The van der Waals surface area contributed by atoms with Crippen molar-refractivity contribution in [3.05, 3.63) is 17.1 Å². The number of rotatable bonds is 13. The predicted molar refractivity (Wildman–Crippen MR) is 153 cm³/mol. The average molecular weight is 671 g/mol. The molecule has 2 aliphatic rings. The summed E-state index contributed by atoms with van der Waals surface area (Å²) in [6, 6.07) is -1.12. The molecule has 5 N–H and O–H groups in total. The Morgan fingerprint density at radius 2 is 2.00 bits per heavy atom. The maximum Gasteiger partial charge on any atom is 0.352 e. The third-order valence-electron chi connectivity index (χ3n) is 5.58. The molecule has 0 radical (unpaired) electrons. The number of fused-ring (bicyclic) bond motifs is 1. The number of carbonyl (C=O) groups is 5. The molecule has 4 heterocycles. The fourth-order valence-electron chi connectivity index (χ4n) is 3.83. The van der Waals surface area contributed by atoms with E-state index in [0.717, 1.165) is 28.2 Å². The van der Waals surface area contributed by atoms with Crippen molar-refractivity contribution in [2.75, 3.05) is 23.8 Å². The van der Waals surface area contributed by atoms with Gasteiger partial charge in [0.15, 0.2) is 5.13 Å². The van der Waals surface area contributed by atoms with Crippen molar-refractivity contribution in [2.24, 2.45) is 5.16 Å². The molecule has 0 aliphatic carbocycles. The molecule has 0 spiro atoms. The number of tetrazole rings is 1. The molecule has 0 aromatic carbocycles. The number of carbonyl (C=O) groups excluding carboxylic acids is 3. The molecule has 44 heavy (non-hydrogen) atoms. The van der Waals surface area contributed by atoms with Gasteiger partial charge >= 0.3 is 17.9 Å². The second kappa shape index (κ2) is 13.5. The summed E-state index contributed by atoms with van der Waals surface area (Å²) in [5, 5.41) is 35.8. The summed E-state index contributed by atoms with van der Waals surface area (Å²) in [4.78, 5) is 71.4. The number of amides is 2. The number of nitrogens with one attached hydrogen (secondary N) is 1. The first kappa shape index (κ1) is 32.6. The molecule has 0 bridgehead atoms. The summed E-state index contributed by atoms with van der Waals surface area (Å²) in [6.45, 7) is 4.40. The van der Waals surface area contributed by atoms with Crippen LogP contribution in [0, 0.1) is 0 Å². The predicted octanol–water partition coefficient (Wildman–Crippen LogP) is -0.825. The van der Waals surface area contributed by atoms with Gasteiger partial charge in [-0.25, -0.2) is 14.3 Å². The molecular formula is C22H26N10O9S3. The van der Waals surface area contributed by atoms with Crippen LogP contribution in [0.15, 0.2) is 21.6 Å². The molecule has 2 aromatic rings. The normalized spacial score (nSPS) is 18.4. The molecule has 1 saturated heterocycles. The van der Waals surface area contributed by atoms with E-state index in [0.29, 0.717) is 5.57 Å². The van der Waals surface area contributed by atoms with E-state index < -0.39 is 59.1 Å². The molecule has 2 atom stereocenters. The second-order valence-electron chi connectivity index (χ2n) is 9.99. The molecule has 2 amide bonds. The van der Waals surface area contributed by atoms with Gasteiger partial charge in [-0.2, -0.15) is 9.36 Å². The number of β-lactam (4-membered cyclic amide) rings is 1. The van der Waals surface area contributed by atoms with E-state index in [1.165, 1.54) is 16.4 Å². The van der Waals surface area contributed by atoms with Gasteiger partial charge in [0.25, 0.3) is 11.8 Å². The van der Waals surface area contributed by atoms with Crippen molar-refractivity contribution < 1.29 is 43.8 Å². The monoisotopic (exact) mass is 670 g/mol. The lowest BCUT2D eigenvalue weighted by Crippen LogP contribution is -2.71. The summed E-state index contributed by atoms with van der Waals surface area (Å²) in [5.74, 6) is -4.59. The Morgan fingerprint density at radius 3 is 2.64 bits per heavy atom. The maximum absolute atomic E-state index is 13.2. The number of carboxylic acid groups (broad SMARTS) is 2. The summed E-state index contributed by atoms with van der Waals surface area (Å²) >= 11 is 3.11. The number of aromatic nitrogens is 6. The van der Waals surface area contributed by atoms with Crippen molar-refractivity contribution in [1.82, 2.24) is 39.8 Å². The highest BCUT2D eigenvalue weighted by Crippen LogP contribution is 2.41. The Hall–Kier alpha value is -4.31. The van der Waals surface area contributed by atoms with Crippen molar-refractivity contribution in [3.8, 4) is 0 Å². The van der Waals surface area contributed by atoms with Gasteiger partial charge in [0.05, 0.1) is 13.0 Å². The van der Waals surface area contributed by atoms with Crippen LogP contribution in [0.4, 0.5) is 5.13 Å². The average Bonchev–Trinajstić information content (AvgIpc) is 3.58. The zero-order valence-electron chi connectivity index (χ0n) is 23.3. The zero-order chi connectivity index (χ0) is 32.2. The number of carboxylic acids is 2. The van der Waals surface area contributed by atoms with Gasteiger partial charge in [0.1, 0.15) is 22.7 Å². The number of aliphatic carboxylic acids is 2. The Bertz CT molecular complexity index is 1530. The van der Waals surface area contributed by atoms with Gasteiger partial charge in [-0.3, -0.25) is 19.3 Å². The number of aryl methyl sites for hydroxylation is 1. The van der Waals surface area contributed by atoms with Crippen molar-refractivity contribution in [2.45, 2.75) is 55.9 Å². The molecule has 236 valence electrons. The highest BCUT2D eigenvalue weighted by atomic mass is 32.2. The quantitative estimate of drug-likeness (QED) is 0.0666. The number of nitrogens with zero attached hydrogens (tertiary/aromatic N) is 8. The van der Waals surface area contributed by atoms with Gasteiger partial charge < -0.3 is 30.8 Å². The summed E-state index contributed by atoms with van der Waals surface area (Å²) in [6.07, 6.45) is -0.206. The van der Waals surface area contributed by atoms with Crippen LogP contribution in [0.5, 0.6) is 0 Å². The third-order valence-corrected chi connectivity index (χ3v) is 8.50. The van der Waals surface area contributed by atoms with E-state index in [2.05, 4.69) is 35.4 Å². The molecule has 2 aromatic heterocycles. The molecule has 1 unspecified atom stereocenters. The summed E-state index contributed by atoms with van der Waals surface area (Å²) < 4.78 is 10.4. The van der Waals surface area contributed by atoms with Gasteiger partial charge in [-0.05, 0) is 36.8 Å². The number of nitrogens with two attached hydrogens (primary N) is 1. The molecule has 2 aliphatic heterocycles. The number of anilines is 1. The van der Waals surface area contributed by atoms with E-state index in [-0.39, 0.29) is 46.3 Å². The van der Waals surface area contributed by atoms with Crippen molar-refractivity contribution >= 4 is 75.6 Å². The van der Waals surface area contributed by atoms with E-state index in [1.54, 1.807) is 20.8 Å². The van der Waals surface area contributed by atoms with Gasteiger partial charge in [-0.15, -0.1) is 16.9 Å². The largest absolute Gasteiger partial charge is 0.481 e. The lowest BCUT2D eigenvalue weighted by atomic mass is 10.0. The van der Waals surface area contributed by atoms with E-state index in [4.69, 9.17) is 20.4 Å². The highest BCUT2D eigenvalue weighted by Gasteiger charge is 2.54. The lowest BCUT2D eigenvalue weighted by molar-refractivity contribution is -0.160. The number of hydrogen-bond donors (Lipinski definition) is 4. The summed E-state index contributed by atoms with van der Waals surface area (Å²) in [5.41, 5.74) is 4.59. The topological polar surface area (TPSA) is 267 Å². The van der Waals surface area contributed by atoms with Gasteiger partial charge in [0.2, 0.25) is 23.3 Å². The van der Waals surface area contributed by atoms with Crippen molar-refractivity contribution in [1.29, 1.82) is 0 Å². The van der Waals surface area contributed by atoms with Crippen molar-refractivity contribution in [3.63, 3.8) is 0 Å². The maximum atomic E-state index is 13.2. The number of hydrogen-bond acceptors (Lipinski definition) is 17. The van der Waals surface area contributed by atoms with E-state index in [1.807, 2.05) is 0 Å². The Morgan fingerprint density at radius 1 is 1.25 bits per heavy atom. The minimum Gasteiger partial charge on any atom is -0.481 e. The SMILES string of the molecule is CC(C)(C)OC(=O)CON=C(C(=O)NC1C(=O)N2C(C(=O)O)=C(CSc3nnnn3CCC(=O)O)CS[C@H]12)c1nsc(N)n1. The van der Waals surface area contributed by atoms with Crippen LogP contribution in [0.2, 0.25) is 0 Å². The summed E-state index contributed by atoms with van der Waals surface area (Å²) in [7, 11) is 0. The van der Waals surface area contributed by atoms with Crippen LogP contribution in [0.3, 0.4) is 0 Å². The number of esters is 1. The molecule has 0 saturated carbocycles. The van der Waals surface area contributed by atoms with E-state index >= 15 is 0 Å². The minimum atomic E-state index is -1.34. The Labute approximate surface area is 260 Å². The number of oxime groups is 1. The third kappa shape index (κ3) is 7.79. The Balaban J connectivity index is 1.45. The highest BCUT2D eigenvalue weighted by molar-refractivity contribution is 8.01. The van der Waals surface area contributed by atoms with Crippen LogP contribution in [0.1, 0.15) is 33.0 Å². The zero-order valence-corrected chi connectivity index (χ0v) is 25.8. The van der Waals surface area contributed by atoms with E-state index in [9.17, 15) is 29.1 Å². The van der Waals surface area contributed by atoms with Gasteiger partial charge in [-0.1, -0.05) is 16.9 Å². The van der Waals surface area contributed by atoms with Crippen LogP contribution in [-0.4, -0.2) is 115 Å².